The van der Waals surface area contributed by atoms with E-state index in [0.717, 1.165) is 24.0 Å². The largest absolute Gasteiger partial charge is 0.370 e. The van der Waals surface area contributed by atoms with E-state index in [1.165, 1.54) is 56.6 Å². The molecule has 2 atom stereocenters. The maximum Gasteiger partial charge on any atom is 0.0642 e. The molecule has 2 nitrogen and oxygen atoms in total. The summed E-state index contributed by atoms with van der Waals surface area (Å²) in [4.78, 5) is 5.05. The monoisotopic (exact) mass is 304 g/mol. The Morgan fingerprint density at radius 2 is 2.05 bits per heavy atom. The lowest BCUT2D eigenvalue weighted by molar-refractivity contribution is 0.314. The quantitative estimate of drug-likeness (QED) is 0.835. The number of likely N-dealkylation sites (tertiary alicyclic amines) is 1. The molecule has 2 saturated heterocycles. The average molecular weight is 305 g/mol. The second-order valence-electron chi connectivity index (χ2n) is 7.10. The van der Waals surface area contributed by atoms with E-state index < -0.39 is 0 Å². The van der Waals surface area contributed by atoms with Crippen molar-refractivity contribution in [1.82, 2.24) is 4.90 Å². The minimum absolute atomic E-state index is 0.431. The molecular weight excluding hydrogens is 280 g/mol. The van der Waals surface area contributed by atoms with Crippen LogP contribution in [-0.4, -0.2) is 37.6 Å². The number of hydrogen-bond donors (Lipinski definition) is 0. The number of piperidine rings is 2. The summed E-state index contributed by atoms with van der Waals surface area (Å²) >= 11 is 6.64. The average Bonchev–Trinajstić information content (AvgIpc) is 3.10. The third kappa shape index (κ3) is 2.27. The lowest BCUT2D eigenvalue weighted by Gasteiger charge is -2.30. The van der Waals surface area contributed by atoms with Crippen LogP contribution >= 0.6 is 11.6 Å². The van der Waals surface area contributed by atoms with Gasteiger partial charge >= 0.3 is 0 Å². The van der Waals surface area contributed by atoms with E-state index in [9.17, 15) is 0 Å². The maximum absolute atomic E-state index is 6.64. The number of fused-ring (bicyclic) bond motifs is 1. The molecule has 0 amide bonds. The van der Waals surface area contributed by atoms with E-state index in [2.05, 4.69) is 34.9 Å². The lowest BCUT2D eigenvalue weighted by atomic mass is 9.94. The number of likely N-dealkylation sites (N-methyl/N-ethyl adjacent to an activating group) is 1. The topological polar surface area (TPSA) is 6.48 Å². The van der Waals surface area contributed by atoms with Gasteiger partial charge in [-0.3, -0.25) is 0 Å². The van der Waals surface area contributed by atoms with Gasteiger partial charge in [0, 0.05) is 31.6 Å². The van der Waals surface area contributed by atoms with E-state index in [1.807, 2.05) is 0 Å². The number of hydrogen-bond acceptors (Lipinski definition) is 2. The normalized spacial score (nSPS) is 32.3. The first-order chi connectivity index (χ1) is 10.2. The Hall–Kier alpha value is -0.730. The summed E-state index contributed by atoms with van der Waals surface area (Å²) < 4.78 is 0. The van der Waals surface area contributed by atoms with E-state index in [-0.39, 0.29) is 0 Å². The summed E-state index contributed by atoms with van der Waals surface area (Å²) in [5.41, 5.74) is 3.16. The first-order valence-corrected chi connectivity index (χ1v) is 8.88. The van der Waals surface area contributed by atoms with E-state index in [1.54, 1.807) is 0 Å². The van der Waals surface area contributed by atoms with Gasteiger partial charge in [0.1, 0.15) is 0 Å². The second-order valence-corrected chi connectivity index (χ2v) is 7.51. The molecule has 0 radical (unpaired) electrons. The molecular formula is C18H25ClN2. The number of nitrogens with zero attached hydrogens (tertiary/aromatic N) is 2. The summed E-state index contributed by atoms with van der Waals surface area (Å²) in [5, 5.41) is 0.962. The summed E-state index contributed by atoms with van der Waals surface area (Å²) in [6, 6.07) is 6.90. The fourth-order valence-electron chi connectivity index (χ4n) is 4.48. The van der Waals surface area contributed by atoms with Crippen molar-refractivity contribution in [2.24, 2.45) is 5.92 Å². The second kappa shape index (κ2) is 5.17. The molecule has 1 saturated carbocycles. The molecule has 0 aromatic heterocycles. The summed E-state index contributed by atoms with van der Waals surface area (Å²) in [6.07, 6.45) is 5.33. The molecule has 0 spiro atoms. The molecule has 1 aliphatic carbocycles. The number of rotatable bonds is 3. The Morgan fingerprint density at radius 3 is 2.71 bits per heavy atom. The Morgan fingerprint density at radius 1 is 1.24 bits per heavy atom. The van der Waals surface area contributed by atoms with Crippen LogP contribution in [0.2, 0.25) is 5.02 Å². The Balaban J connectivity index is 1.57. The summed E-state index contributed by atoms with van der Waals surface area (Å²) in [5.74, 6) is 0.870. The van der Waals surface area contributed by atoms with Crippen LogP contribution in [0.5, 0.6) is 0 Å². The van der Waals surface area contributed by atoms with Crippen LogP contribution in [0, 0.1) is 5.92 Å². The minimum atomic E-state index is 0.431. The van der Waals surface area contributed by atoms with Crippen LogP contribution in [0.3, 0.4) is 0 Å². The lowest BCUT2D eigenvalue weighted by Crippen LogP contribution is -2.30. The van der Waals surface area contributed by atoms with Crippen LogP contribution in [0.1, 0.15) is 38.2 Å². The molecule has 1 aromatic rings. The van der Waals surface area contributed by atoms with Gasteiger partial charge in [0.25, 0.3) is 0 Å². The van der Waals surface area contributed by atoms with Crippen LogP contribution < -0.4 is 4.90 Å². The van der Waals surface area contributed by atoms with Gasteiger partial charge < -0.3 is 9.80 Å². The van der Waals surface area contributed by atoms with Gasteiger partial charge in [0.2, 0.25) is 0 Å². The van der Waals surface area contributed by atoms with Gasteiger partial charge in [-0.2, -0.15) is 0 Å². The summed E-state index contributed by atoms with van der Waals surface area (Å²) in [6.45, 7) is 8.28. The molecule has 3 heteroatoms. The Bertz CT molecular complexity index is 538. The SMILES string of the molecule is CCN1CC2CC2(c2ccc(N3CCCCC3)c(Cl)c2)C1. The smallest absolute Gasteiger partial charge is 0.0642 e. The highest BCUT2D eigenvalue weighted by Gasteiger charge is 2.60. The zero-order valence-corrected chi connectivity index (χ0v) is 13.7. The predicted molar refractivity (Wildman–Crippen MR) is 89.4 cm³/mol. The Kier molecular flexibility index (Phi) is 3.42. The van der Waals surface area contributed by atoms with Crippen LogP contribution in [0.25, 0.3) is 0 Å². The van der Waals surface area contributed by atoms with Gasteiger partial charge in [0.05, 0.1) is 10.7 Å². The molecule has 3 fully saturated rings. The summed E-state index contributed by atoms with van der Waals surface area (Å²) in [7, 11) is 0. The van der Waals surface area contributed by atoms with Crippen molar-refractivity contribution in [3.8, 4) is 0 Å². The van der Waals surface area contributed by atoms with Crippen molar-refractivity contribution in [1.29, 1.82) is 0 Å². The molecule has 1 aromatic carbocycles. The molecule has 114 valence electrons. The molecule has 4 rings (SSSR count). The molecule has 2 heterocycles. The van der Waals surface area contributed by atoms with E-state index in [0.29, 0.717) is 5.41 Å². The van der Waals surface area contributed by atoms with Gasteiger partial charge in [0.15, 0.2) is 0 Å². The van der Waals surface area contributed by atoms with E-state index in [4.69, 9.17) is 11.6 Å². The highest BCUT2D eigenvalue weighted by molar-refractivity contribution is 6.33. The standard InChI is InChI=1S/C18H25ClN2/c1-2-20-12-15-11-18(15,13-20)14-6-7-17(16(19)10-14)21-8-4-3-5-9-21/h6-7,10,15H,2-5,8-9,11-13H2,1H3. The van der Waals surface area contributed by atoms with Gasteiger partial charge in [-0.15, -0.1) is 0 Å². The Labute approximate surface area is 133 Å². The molecule has 3 aliphatic rings. The van der Waals surface area contributed by atoms with Crippen LogP contribution in [0.4, 0.5) is 5.69 Å². The fourth-order valence-corrected chi connectivity index (χ4v) is 4.78. The molecule has 0 N–H and O–H groups in total. The van der Waals surface area contributed by atoms with Crippen molar-refractivity contribution in [2.75, 3.05) is 37.6 Å². The third-order valence-electron chi connectivity index (χ3n) is 5.88. The number of benzene rings is 1. The van der Waals surface area contributed by atoms with Crippen LogP contribution in [-0.2, 0) is 5.41 Å². The zero-order chi connectivity index (χ0) is 14.4. The highest BCUT2D eigenvalue weighted by Crippen LogP contribution is 2.59. The molecule has 2 unspecified atom stereocenters. The zero-order valence-electron chi connectivity index (χ0n) is 12.9. The van der Waals surface area contributed by atoms with Crippen molar-refractivity contribution in [2.45, 2.75) is 38.0 Å². The molecule has 21 heavy (non-hydrogen) atoms. The first-order valence-electron chi connectivity index (χ1n) is 8.50. The number of anilines is 1. The maximum atomic E-state index is 6.64. The van der Waals surface area contributed by atoms with Gasteiger partial charge in [-0.1, -0.05) is 24.6 Å². The highest BCUT2D eigenvalue weighted by atomic mass is 35.5. The van der Waals surface area contributed by atoms with Crippen molar-refractivity contribution < 1.29 is 0 Å². The fraction of sp³-hybridized carbons (Fsp3) is 0.667. The van der Waals surface area contributed by atoms with E-state index >= 15 is 0 Å². The van der Waals surface area contributed by atoms with Crippen molar-refractivity contribution in [3.05, 3.63) is 28.8 Å². The van der Waals surface area contributed by atoms with Crippen molar-refractivity contribution >= 4 is 17.3 Å². The number of halogens is 1. The first kappa shape index (κ1) is 13.9. The predicted octanol–water partition coefficient (Wildman–Crippen LogP) is 3.92. The third-order valence-corrected chi connectivity index (χ3v) is 6.19. The van der Waals surface area contributed by atoms with Gasteiger partial charge in [-0.05, 0) is 55.8 Å². The molecule has 2 aliphatic heterocycles. The van der Waals surface area contributed by atoms with Gasteiger partial charge in [-0.25, -0.2) is 0 Å². The molecule has 0 bridgehead atoms. The van der Waals surface area contributed by atoms with Crippen molar-refractivity contribution in [3.63, 3.8) is 0 Å². The van der Waals surface area contributed by atoms with Crippen LogP contribution in [0.15, 0.2) is 18.2 Å². The minimum Gasteiger partial charge on any atom is -0.370 e.